The van der Waals surface area contributed by atoms with Crippen LogP contribution in [0.3, 0.4) is 0 Å². The van der Waals surface area contributed by atoms with E-state index >= 15 is 0 Å². The van der Waals surface area contributed by atoms with Crippen LogP contribution in [0, 0.1) is 5.41 Å². The van der Waals surface area contributed by atoms with E-state index in [0.29, 0.717) is 51.5 Å². The maximum absolute atomic E-state index is 13.4. The minimum Gasteiger partial charge on any atom is -0.497 e. The van der Waals surface area contributed by atoms with Gasteiger partial charge >= 0.3 is 0 Å². The summed E-state index contributed by atoms with van der Waals surface area (Å²) in [4.78, 5) is 33.7. The lowest BCUT2D eigenvalue weighted by atomic mass is 9.73. The number of rotatable bonds is 5. The molecule has 0 saturated carbocycles. The van der Waals surface area contributed by atoms with Crippen LogP contribution in [0.4, 0.5) is 0 Å². The zero-order valence-electron chi connectivity index (χ0n) is 15.8. The zero-order chi connectivity index (χ0) is 19.6. The van der Waals surface area contributed by atoms with Crippen molar-refractivity contribution < 1.29 is 19.1 Å². The summed E-state index contributed by atoms with van der Waals surface area (Å²) >= 11 is 1.39. The molecule has 2 amide bonds. The molecule has 148 valence electrons. The van der Waals surface area contributed by atoms with E-state index in [1.54, 1.807) is 22.9 Å². The average molecular weight is 401 g/mol. The summed E-state index contributed by atoms with van der Waals surface area (Å²) in [5.41, 5.74) is 2.51. The fourth-order valence-corrected chi connectivity index (χ4v) is 4.43. The number of carbonyl (C=O) groups is 2. The Morgan fingerprint density at radius 3 is 2.71 bits per heavy atom. The van der Waals surface area contributed by atoms with Gasteiger partial charge in [-0.2, -0.15) is 0 Å². The number of morpholine rings is 1. The number of ether oxygens (including phenoxy) is 2. The van der Waals surface area contributed by atoms with Crippen molar-refractivity contribution in [3.63, 3.8) is 0 Å². The van der Waals surface area contributed by atoms with Gasteiger partial charge in [0.2, 0.25) is 5.91 Å². The highest BCUT2D eigenvalue weighted by Gasteiger charge is 2.52. The van der Waals surface area contributed by atoms with Gasteiger partial charge in [0.25, 0.3) is 5.91 Å². The third-order valence-corrected chi connectivity index (χ3v) is 5.94. The van der Waals surface area contributed by atoms with Gasteiger partial charge in [0.15, 0.2) is 0 Å². The van der Waals surface area contributed by atoms with Crippen molar-refractivity contribution in [3.8, 4) is 5.75 Å². The van der Waals surface area contributed by atoms with Crippen molar-refractivity contribution in [3.05, 3.63) is 46.4 Å². The highest BCUT2D eigenvalue weighted by atomic mass is 32.1. The van der Waals surface area contributed by atoms with Gasteiger partial charge in [-0.1, -0.05) is 12.1 Å². The van der Waals surface area contributed by atoms with Crippen LogP contribution in [0.1, 0.15) is 16.1 Å². The summed E-state index contributed by atoms with van der Waals surface area (Å²) in [6.45, 7) is 3.11. The van der Waals surface area contributed by atoms with E-state index < -0.39 is 5.41 Å². The highest BCUT2D eigenvalue weighted by Crippen LogP contribution is 2.38. The van der Waals surface area contributed by atoms with Crippen molar-refractivity contribution >= 4 is 23.2 Å². The fourth-order valence-electron chi connectivity index (χ4n) is 3.91. The molecule has 0 radical (unpaired) electrons. The monoisotopic (exact) mass is 401 g/mol. The third kappa shape index (κ3) is 3.62. The predicted octanol–water partition coefficient (Wildman–Crippen LogP) is 1.70. The van der Waals surface area contributed by atoms with Gasteiger partial charge in [0.1, 0.15) is 11.4 Å². The molecule has 0 unspecified atom stereocenters. The topological polar surface area (TPSA) is 72.0 Å². The molecule has 2 aromatic rings. The van der Waals surface area contributed by atoms with Gasteiger partial charge in [-0.05, 0) is 24.1 Å². The van der Waals surface area contributed by atoms with Crippen molar-refractivity contribution in [1.29, 1.82) is 0 Å². The minimum atomic E-state index is -0.616. The molecule has 1 aromatic carbocycles. The number of carbonyl (C=O) groups excluding carboxylic acids is 2. The van der Waals surface area contributed by atoms with Crippen molar-refractivity contribution in [2.75, 3.05) is 46.5 Å². The van der Waals surface area contributed by atoms with Gasteiger partial charge < -0.3 is 19.3 Å². The lowest BCUT2D eigenvalue weighted by Crippen LogP contribution is -2.66. The normalized spacial score (nSPS) is 18.5. The fraction of sp³-hybridized carbons (Fsp3) is 0.450. The molecule has 2 aliphatic heterocycles. The number of likely N-dealkylation sites (tertiary alicyclic amines) is 1. The maximum Gasteiger partial charge on any atom is 0.273 e. The molecule has 4 rings (SSSR count). The summed E-state index contributed by atoms with van der Waals surface area (Å²) in [6, 6.07) is 7.78. The second kappa shape index (κ2) is 7.89. The number of amides is 2. The molecule has 2 saturated heterocycles. The number of aromatic nitrogens is 1. The number of hydrogen-bond acceptors (Lipinski definition) is 6. The first-order valence-electron chi connectivity index (χ1n) is 9.29. The van der Waals surface area contributed by atoms with E-state index in [2.05, 4.69) is 4.98 Å². The molecule has 0 N–H and O–H groups in total. The quantitative estimate of drug-likeness (QED) is 0.763. The molecule has 1 aromatic heterocycles. The van der Waals surface area contributed by atoms with Gasteiger partial charge in [0.05, 0.1) is 31.2 Å². The Morgan fingerprint density at radius 1 is 1.25 bits per heavy atom. The third-order valence-electron chi connectivity index (χ3n) is 5.35. The van der Waals surface area contributed by atoms with Crippen molar-refractivity contribution in [1.82, 2.24) is 14.8 Å². The first-order chi connectivity index (χ1) is 13.6. The summed E-state index contributed by atoms with van der Waals surface area (Å²) in [5.74, 6) is 0.749. The molecule has 28 heavy (non-hydrogen) atoms. The van der Waals surface area contributed by atoms with E-state index in [0.717, 1.165) is 11.3 Å². The Labute approximate surface area is 167 Å². The van der Waals surface area contributed by atoms with Gasteiger partial charge in [-0.3, -0.25) is 9.59 Å². The van der Waals surface area contributed by atoms with Crippen LogP contribution in [0.25, 0.3) is 0 Å². The van der Waals surface area contributed by atoms with Crippen LogP contribution in [0.15, 0.2) is 35.2 Å². The molecule has 0 spiro atoms. The molecule has 2 fully saturated rings. The summed E-state index contributed by atoms with van der Waals surface area (Å²) < 4.78 is 10.7. The first-order valence-corrected chi connectivity index (χ1v) is 10.2. The molecule has 2 aliphatic rings. The molecular weight excluding hydrogens is 378 g/mol. The Kier molecular flexibility index (Phi) is 5.32. The molecule has 8 heteroatoms. The van der Waals surface area contributed by atoms with Gasteiger partial charge in [-0.25, -0.2) is 4.98 Å². The Morgan fingerprint density at radius 2 is 2.04 bits per heavy atom. The largest absolute Gasteiger partial charge is 0.497 e. The van der Waals surface area contributed by atoms with E-state index in [1.165, 1.54) is 11.3 Å². The molecule has 0 aliphatic carbocycles. The zero-order valence-corrected chi connectivity index (χ0v) is 16.6. The van der Waals surface area contributed by atoms with Crippen LogP contribution in [0.5, 0.6) is 5.75 Å². The van der Waals surface area contributed by atoms with E-state index in [4.69, 9.17) is 9.47 Å². The van der Waals surface area contributed by atoms with Crippen LogP contribution in [-0.4, -0.2) is 73.1 Å². The first kappa shape index (κ1) is 18.9. The smallest absolute Gasteiger partial charge is 0.273 e. The summed E-state index contributed by atoms with van der Waals surface area (Å²) in [5, 5.41) is 1.74. The molecule has 7 nitrogen and oxygen atoms in total. The average Bonchev–Trinajstić information content (AvgIpc) is 3.25. The van der Waals surface area contributed by atoms with Gasteiger partial charge in [-0.15, -0.1) is 11.3 Å². The van der Waals surface area contributed by atoms with Crippen molar-refractivity contribution in [2.45, 2.75) is 6.42 Å². The highest BCUT2D eigenvalue weighted by molar-refractivity contribution is 7.07. The number of benzene rings is 1. The molecule has 0 bridgehead atoms. The lowest BCUT2D eigenvalue weighted by Gasteiger charge is -2.51. The second-order valence-electron chi connectivity index (χ2n) is 7.25. The molecule has 0 atom stereocenters. The summed E-state index contributed by atoms with van der Waals surface area (Å²) in [7, 11) is 1.63. The minimum absolute atomic E-state index is 0.0981. The Hall–Kier alpha value is -2.45. The Balaban J connectivity index is 1.55. The van der Waals surface area contributed by atoms with Crippen LogP contribution in [0.2, 0.25) is 0 Å². The number of hydrogen-bond donors (Lipinski definition) is 0. The number of thiazole rings is 1. The summed E-state index contributed by atoms with van der Waals surface area (Å²) in [6.07, 6.45) is 0.571. The van der Waals surface area contributed by atoms with E-state index in [-0.39, 0.29) is 11.8 Å². The molecule has 3 heterocycles. The number of nitrogens with zero attached hydrogens (tertiary/aromatic N) is 3. The van der Waals surface area contributed by atoms with Gasteiger partial charge in [0, 0.05) is 31.6 Å². The van der Waals surface area contributed by atoms with Crippen LogP contribution in [-0.2, 0) is 16.0 Å². The lowest BCUT2D eigenvalue weighted by molar-refractivity contribution is -0.155. The maximum atomic E-state index is 13.4. The van der Waals surface area contributed by atoms with Crippen LogP contribution >= 0.6 is 11.3 Å². The molecular formula is C20H23N3O4S. The standard InChI is InChI=1S/C20H23N3O4S/c1-26-16-4-2-3-15(9-16)10-20(19(25)22-5-7-27-8-6-22)12-23(13-20)18(24)17-11-28-14-21-17/h2-4,9,11,14H,5-8,10,12-13H2,1H3. The van der Waals surface area contributed by atoms with E-state index in [1.807, 2.05) is 29.2 Å². The second-order valence-corrected chi connectivity index (χ2v) is 7.97. The van der Waals surface area contributed by atoms with E-state index in [9.17, 15) is 9.59 Å². The van der Waals surface area contributed by atoms with Crippen LogP contribution < -0.4 is 4.74 Å². The van der Waals surface area contributed by atoms with Crippen molar-refractivity contribution in [2.24, 2.45) is 5.41 Å². The predicted molar refractivity (Wildman–Crippen MR) is 105 cm³/mol. The Bertz CT molecular complexity index is 843. The number of methoxy groups -OCH3 is 1. The SMILES string of the molecule is COc1cccc(CC2(C(=O)N3CCOCC3)CN(C(=O)c3cscn3)C2)c1.